The van der Waals surface area contributed by atoms with Gasteiger partial charge >= 0.3 is 0 Å². The predicted molar refractivity (Wildman–Crippen MR) is 103 cm³/mol. The van der Waals surface area contributed by atoms with Gasteiger partial charge < -0.3 is 9.88 Å². The zero-order valence-corrected chi connectivity index (χ0v) is 14.4. The fraction of sp³-hybridized carbons (Fsp3) is 0.0952. The molecule has 4 aromatic rings. The van der Waals surface area contributed by atoms with Crippen molar-refractivity contribution >= 4 is 22.6 Å². The number of amides is 1. The molecule has 0 aliphatic carbocycles. The van der Waals surface area contributed by atoms with Crippen molar-refractivity contribution in [1.29, 1.82) is 0 Å². The Morgan fingerprint density at radius 2 is 1.77 bits per heavy atom. The van der Waals surface area contributed by atoms with Crippen molar-refractivity contribution in [3.05, 3.63) is 78.5 Å². The van der Waals surface area contributed by atoms with Crippen molar-refractivity contribution in [2.24, 2.45) is 0 Å². The number of carbonyl (C=O) groups excluding carboxylic acids is 1. The largest absolute Gasteiger partial charge is 0.325 e. The molecule has 0 saturated carbocycles. The number of benzene rings is 2. The molecule has 26 heavy (non-hydrogen) atoms. The summed E-state index contributed by atoms with van der Waals surface area (Å²) in [4.78, 5) is 21.7. The number of carbonyl (C=O) groups is 1. The molecule has 4 rings (SSSR count). The van der Waals surface area contributed by atoms with Crippen LogP contribution < -0.4 is 5.32 Å². The molecule has 1 amide bonds. The SMILES string of the molecule is Cc1ccc(NC(=O)Cn2c(-c3ccccn3)nc3ccccc32)cc1. The minimum atomic E-state index is -0.103. The standard InChI is InChI=1S/C21H18N4O/c1-15-9-11-16(12-10-15)23-20(26)14-25-19-8-3-2-6-17(19)24-21(25)18-7-4-5-13-22-18/h2-13H,14H2,1H3,(H,23,26). The summed E-state index contributed by atoms with van der Waals surface area (Å²) in [5.74, 6) is 0.583. The Balaban J connectivity index is 1.68. The van der Waals surface area contributed by atoms with Gasteiger partial charge in [0.25, 0.3) is 0 Å². The third-order valence-corrected chi connectivity index (χ3v) is 4.19. The van der Waals surface area contributed by atoms with Gasteiger partial charge in [0.05, 0.1) is 11.0 Å². The van der Waals surface area contributed by atoms with E-state index in [0.717, 1.165) is 28.0 Å². The molecule has 0 aliphatic heterocycles. The zero-order valence-electron chi connectivity index (χ0n) is 14.4. The van der Waals surface area contributed by atoms with Gasteiger partial charge in [-0.1, -0.05) is 35.9 Å². The van der Waals surface area contributed by atoms with Gasteiger partial charge in [-0.05, 0) is 43.3 Å². The number of aromatic nitrogens is 3. The summed E-state index contributed by atoms with van der Waals surface area (Å²) in [6, 6.07) is 21.2. The molecule has 0 radical (unpaired) electrons. The molecule has 128 valence electrons. The first-order valence-corrected chi connectivity index (χ1v) is 8.44. The van der Waals surface area contributed by atoms with Gasteiger partial charge in [-0.25, -0.2) is 4.98 Å². The summed E-state index contributed by atoms with van der Waals surface area (Å²) >= 11 is 0. The van der Waals surface area contributed by atoms with Crippen LogP contribution in [0, 0.1) is 6.92 Å². The van der Waals surface area contributed by atoms with E-state index in [-0.39, 0.29) is 12.5 Å². The molecule has 2 aromatic carbocycles. The van der Waals surface area contributed by atoms with E-state index in [1.807, 2.05) is 78.2 Å². The number of hydrogen-bond acceptors (Lipinski definition) is 3. The fourth-order valence-electron chi connectivity index (χ4n) is 2.91. The number of hydrogen-bond donors (Lipinski definition) is 1. The molecule has 2 aromatic heterocycles. The van der Waals surface area contributed by atoms with E-state index < -0.39 is 0 Å². The highest BCUT2D eigenvalue weighted by molar-refractivity contribution is 5.92. The third kappa shape index (κ3) is 3.19. The number of nitrogens with one attached hydrogen (secondary N) is 1. The second-order valence-electron chi connectivity index (χ2n) is 6.14. The van der Waals surface area contributed by atoms with Crippen molar-refractivity contribution in [2.75, 3.05) is 5.32 Å². The Bertz CT molecular complexity index is 1050. The first-order valence-electron chi connectivity index (χ1n) is 8.44. The Kier molecular flexibility index (Phi) is 4.19. The van der Waals surface area contributed by atoms with Crippen LogP contribution in [0.25, 0.3) is 22.6 Å². The monoisotopic (exact) mass is 342 g/mol. The number of aryl methyl sites for hydroxylation is 1. The van der Waals surface area contributed by atoms with E-state index in [4.69, 9.17) is 0 Å². The molecule has 0 spiro atoms. The Morgan fingerprint density at radius 1 is 1.00 bits per heavy atom. The molecule has 2 heterocycles. The lowest BCUT2D eigenvalue weighted by molar-refractivity contribution is -0.116. The first kappa shape index (κ1) is 16.0. The average Bonchev–Trinajstić information content (AvgIpc) is 3.03. The van der Waals surface area contributed by atoms with E-state index in [9.17, 15) is 4.79 Å². The minimum absolute atomic E-state index is 0.103. The maximum absolute atomic E-state index is 12.6. The molecular formula is C21H18N4O. The van der Waals surface area contributed by atoms with Crippen LogP contribution in [0.2, 0.25) is 0 Å². The first-order chi connectivity index (χ1) is 12.7. The number of nitrogens with zero attached hydrogens (tertiary/aromatic N) is 3. The van der Waals surface area contributed by atoms with Crippen molar-refractivity contribution < 1.29 is 4.79 Å². The average molecular weight is 342 g/mol. The molecule has 0 unspecified atom stereocenters. The molecule has 0 atom stereocenters. The van der Waals surface area contributed by atoms with E-state index in [0.29, 0.717) is 5.82 Å². The molecule has 0 saturated heterocycles. The summed E-state index contributed by atoms with van der Waals surface area (Å²) in [5, 5.41) is 2.94. The maximum Gasteiger partial charge on any atom is 0.244 e. The smallest absolute Gasteiger partial charge is 0.244 e. The molecule has 0 bridgehead atoms. The van der Waals surface area contributed by atoms with Crippen LogP contribution in [-0.4, -0.2) is 20.4 Å². The lowest BCUT2D eigenvalue weighted by Gasteiger charge is -2.10. The van der Waals surface area contributed by atoms with Crippen molar-refractivity contribution in [3.8, 4) is 11.5 Å². The van der Waals surface area contributed by atoms with Gasteiger partial charge in [-0.3, -0.25) is 9.78 Å². The highest BCUT2D eigenvalue weighted by Gasteiger charge is 2.15. The zero-order chi connectivity index (χ0) is 17.9. The number of imidazole rings is 1. The summed E-state index contributed by atoms with van der Waals surface area (Å²) in [6.45, 7) is 2.18. The number of para-hydroxylation sites is 2. The Labute approximate surface area is 151 Å². The normalized spacial score (nSPS) is 10.8. The van der Waals surface area contributed by atoms with Crippen LogP contribution in [0.1, 0.15) is 5.56 Å². The van der Waals surface area contributed by atoms with Gasteiger partial charge in [0.15, 0.2) is 5.82 Å². The molecule has 5 nitrogen and oxygen atoms in total. The topological polar surface area (TPSA) is 59.8 Å². The van der Waals surface area contributed by atoms with Gasteiger partial charge in [-0.2, -0.15) is 0 Å². The van der Waals surface area contributed by atoms with Gasteiger partial charge in [0.1, 0.15) is 12.2 Å². The highest BCUT2D eigenvalue weighted by Crippen LogP contribution is 2.23. The molecule has 0 aliphatic rings. The minimum Gasteiger partial charge on any atom is -0.325 e. The van der Waals surface area contributed by atoms with Crippen LogP contribution in [0.3, 0.4) is 0 Å². The van der Waals surface area contributed by atoms with E-state index in [1.165, 1.54) is 0 Å². The van der Waals surface area contributed by atoms with Crippen molar-refractivity contribution in [3.63, 3.8) is 0 Å². The molecule has 5 heteroatoms. The number of fused-ring (bicyclic) bond motifs is 1. The van der Waals surface area contributed by atoms with Crippen molar-refractivity contribution in [2.45, 2.75) is 13.5 Å². The van der Waals surface area contributed by atoms with E-state index in [2.05, 4.69) is 15.3 Å². The summed E-state index contributed by atoms with van der Waals surface area (Å²) in [5.41, 5.74) is 4.43. The second kappa shape index (κ2) is 6.80. The summed E-state index contributed by atoms with van der Waals surface area (Å²) in [7, 11) is 0. The lowest BCUT2D eigenvalue weighted by Crippen LogP contribution is -2.19. The number of rotatable bonds is 4. The maximum atomic E-state index is 12.6. The van der Waals surface area contributed by atoms with E-state index >= 15 is 0 Å². The Hall–Kier alpha value is -3.47. The third-order valence-electron chi connectivity index (χ3n) is 4.19. The fourth-order valence-corrected chi connectivity index (χ4v) is 2.91. The van der Waals surface area contributed by atoms with Gasteiger partial charge in [-0.15, -0.1) is 0 Å². The van der Waals surface area contributed by atoms with Crippen LogP contribution in [-0.2, 0) is 11.3 Å². The van der Waals surface area contributed by atoms with Gasteiger partial charge in [0, 0.05) is 11.9 Å². The van der Waals surface area contributed by atoms with Crippen LogP contribution in [0.4, 0.5) is 5.69 Å². The van der Waals surface area contributed by atoms with Gasteiger partial charge in [0.2, 0.25) is 5.91 Å². The van der Waals surface area contributed by atoms with E-state index in [1.54, 1.807) is 6.20 Å². The Morgan fingerprint density at radius 3 is 2.54 bits per heavy atom. The summed E-state index contributed by atoms with van der Waals surface area (Å²) < 4.78 is 1.90. The lowest BCUT2D eigenvalue weighted by atomic mass is 10.2. The van der Waals surface area contributed by atoms with Crippen molar-refractivity contribution in [1.82, 2.24) is 14.5 Å². The van der Waals surface area contributed by atoms with Crippen LogP contribution in [0.5, 0.6) is 0 Å². The quantitative estimate of drug-likeness (QED) is 0.609. The van der Waals surface area contributed by atoms with Crippen LogP contribution >= 0.6 is 0 Å². The second-order valence-corrected chi connectivity index (χ2v) is 6.14. The van der Waals surface area contributed by atoms with Crippen LogP contribution in [0.15, 0.2) is 72.9 Å². The highest BCUT2D eigenvalue weighted by atomic mass is 16.1. The predicted octanol–water partition coefficient (Wildman–Crippen LogP) is 4.05. The summed E-state index contributed by atoms with van der Waals surface area (Å²) in [6.07, 6.45) is 1.73. The molecule has 0 fully saturated rings. The number of pyridine rings is 1. The number of anilines is 1. The molecular weight excluding hydrogens is 324 g/mol. The molecule has 1 N–H and O–H groups in total.